The van der Waals surface area contributed by atoms with Crippen LogP contribution in [0, 0.1) is 10.1 Å². The van der Waals surface area contributed by atoms with E-state index in [1.165, 1.54) is 16.9 Å². The molecule has 0 aliphatic heterocycles. The van der Waals surface area contributed by atoms with Gasteiger partial charge >= 0.3 is 6.18 Å². The first-order valence-corrected chi connectivity index (χ1v) is 8.27. The molecule has 1 heterocycles. The maximum absolute atomic E-state index is 12.7. The van der Waals surface area contributed by atoms with Gasteiger partial charge in [0, 0.05) is 12.3 Å². The number of carbonyl (C=O) groups excluding carboxylic acids is 1. The molecule has 29 heavy (non-hydrogen) atoms. The van der Waals surface area contributed by atoms with Crippen molar-refractivity contribution in [2.75, 3.05) is 5.43 Å². The minimum Gasteiger partial charge on any atom is -0.292 e. The second-order valence-corrected chi connectivity index (χ2v) is 6.07. The summed E-state index contributed by atoms with van der Waals surface area (Å²) in [6, 6.07) is 10.0. The highest BCUT2D eigenvalue weighted by atomic mass is 35.5. The van der Waals surface area contributed by atoms with Crippen LogP contribution in [0.1, 0.15) is 16.1 Å². The van der Waals surface area contributed by atoms with E-state index < -0.39 is 28.3 Å². The molecule has 1 aromatic heterocycles. The van der Waals surface area contributed by atoms with Crippen LogP contribution in [0.5, 0.6) is 0 Å². The van der Waals surface area contributed by atoms with Crippen molar-refractivity contribution >= 4 is 28.9 Å². The normalized spacial score (nSPS) is 11.2. The molecule has 3 rings (SSSR count). The molecular formula is C17H11ClF3N5O3. The summed E-state index contributed by atoms with van der Waals surface area (Å²) in [6.07, 6.45) is -3.26. The van der Waals surface area contributed by atoms with Gasteiger partial charge in [0.15, 0.2) is 5.69 Å². The minimum atomic E-state index is -4.74. The summed E-state index contributed by atoms with van der Waals surface area (Å²) in [6.45, 7) is 0. The molecule has 12 heteroatoms. The second kappa shape index (κ2) is 7.80. The first-order valence-electron chi connectivity index (χ1n) is 7.89. The highest BCUT2D eigenvalue weighted by molar-refractivity contribution is 6.32. The van der Waals surface area contributed by atoms with Crippen molar-refractivity contribution < 1.29 is 22.9 Å². The Balaban J connectivity index is 1.76. The van der Waals surface area contributed by atoms with Crippen LogP contribution < -0.4 is 10.9 Å². The van der Waals surface area contributed by atoms with E-state index in [0.717, 1.165) is 6.07 Å². The largest absolute Gasteiger partial charge is 0.416 e. The van der Waals surface area contributed by atoms with Crippen molar-refractivity contribution in [2.45, 2.75) is 6.18 Å². The van der Waals surface area contributed by atoms with E-state index in [4.69, 9.17) is 11.6 Å². The number of alkyl halides is 3. The predicted molar refractivity (Wildman–Crippen MR) is 97.8 cm³/mol. The topological polar surface area (TPSA) is 102 Å². The van der Waals surface area contributed by atoms with E-state index in [0.29, 0.717) is 22.8 Å². The average molecular weight is 426 g/mol. The third kappa shape index (κ3) is 4.46. The number of nitrogens with zero attached hydrogens (tertiary/aromatic N) is 3. The fraction of sp³-hybridized carbons (Fsp3) is 0.0588. The zero-order valence-electron chi connectivity index (χ0n) is 14.3. The number of benzene rings is 2. The van der Waals surface area contributed by atoms with Crippen molar-refractivity contribution in [2.24, 2.45) is 0 Å². The number of amides is 1. The fourth-order valence-corrected chi connectivity index (χ4v) is 2.59. The molecule has 0 atom stereocenters. The Morgan fingerprint density at radius 3 is 2.55 bits per heavy atom. The molecule has 150 valence electrons. The summed E-state index contributed by atoms with van der Waals surface area (Å²) in [5.74, 6) is -0.759. The standard InChI is InChI=1S/C17H11ClF3N5O3/c18-11-3-1-2-4-14(11)25-8-7-13(24-25)16(27)23-22-12-6-5-10(17(19,20)21)9-15(12)26(28)29/h1-9,22H,(H,23,27). The summed E-state index contributed by atoms with van der Waals surface area (Å²) in [7, 11) is 0. The average Bonchev–Trinajstić information content (AvgIpc) is 3.15. The van der Waals surface area contributed by atoms with E-state index in [9.17, 15) is 28.1 Å². The molecule has 0 saturated carbocycles. The van der Waals surface area contributed by atoms with Gasteiger partial charge in [-0.05, 0) is 30.3 Å². The molecule has 0 saturated heterocycles. The third-order valence-electron chi connectivity index (χ3n) is 3.75. The van der Waals surface area contributed by atoms with Gasteiger partial charge in [0.05, 0.1) is 21.2 Å². The molecule has 0 spiro atoms. The number of hydrogen-bond donors (Lipinski definition) is 2. The summed E-state index contributed by atoms with van der Waals surface area (Å²) in [5, 5.41) is 15.5. The molecule has 0 bridgehead atoms. The van der Waals surface area contributed by atoms with Crippen LogP contribution in [0.2, 0.25) is 5.02 Å². The van der Waals surface area contributed by atoms with Crippen LogP contribution in [-0.4, -0.2) is 20.6 Å². The lowest BCUT2D eigenvalue weighted by atomic mass is 10.1. The Hall–Kier alpha value is -3.60. The number of nitro groups is 1. The molecule has 0 radical (unpaired) electrons. The second-order valence-electron chi connectivity index (χ2n) is 5.66. The zero-order chi connectivity index (χ0) is 21.2. The first-order chi connectivity index (χ1) is 13.7. The summed E-state index contributed by atoms with van der Waals surface area (Å²) in [5.41, 5.74) is 2.55. The Morgan fingerprint density at radius 2 is 1.90 bits per heavy atom. The SMILES string of the molecule is O=C(NNc1ccc(C(F)(F)F)cc1[N+](=O)[O-])c1ccn(-c2ccccc2Cl)n1. The lowest BCUT2D eigenvalue weighted by molar-refractivity contribution is -0.384. The van der Waals surface area contributed by atoms with Crippen LogP contribution in [0.4, 0.5) is 24.5 Å². The van der Waals surface area contributed by atoms with Crippen LogP contribution in [0.15, 0.2) is 54.7 Å². The minimum absolute atomic E-state index is 0.0491. The van der Waals surface area contributed by atoms with Crippen molar-refractivity contribution in [3.05, 3.63) is 81.1 Å². The lowest BCUT2D eigenvalue weighted by Gasteiger charge is -2.11. The van der Waals surface area contributed by atoms with Crippen LogP contribution in [0.25, 0.3) is 5.69 Å². The van der Waals surface area contributed by atoms with Crippen LogP contribution in [0.3, 0.4) is 0 Å². The van der Waals surface area contributed by atoms with Gasteiger partial charge in [-0.1, -0.05) is 23.7 Å². The highest BCUT2D eigenvalue weighted by Gasteiger charge is 2.33. The number of halogens is 4. The monoisotopic (exact) mass is 425 g/mol. The van der Waals surface area contributed by atoms with Crippen molar-refractivity contribution in [1.29, 1.82) is 0 Å². The van der Waals surface area contributed by atoms with Gasteiger partial charge in [-0.25, -0.2) is 4.68 Å². The number of para-hydroxylation sites is 1. The van der Waals surface area contributed by atoms with E-state index in [1.807, 2.05) is 0 Å². The van der Waals surface area contributed by atoms with E-state index in [2.05, 4.69) is 16.0 Å². The number of nitrogens with one attached hydrogen (secondary N) is 2. The lowest BCUT2D eigenvalue weighted by Crippen LogP contribution is -2.30. The summed E-state index contributed by atoms with van der Waals surface area (Å²) in [4.78, 5) is 22.3. The van der Waals surface area contributed by atoms with Crippen molar-refractivity contribution in [3.63, 3.8) is 0 Å². The van der Waals surface area contributed by atoms with Gasteiger partial charge in [0.1, 0.15) is 5.69 Å². The molecule has 3 aromatic rings. The van der Waals surface area contributed by atoms with Gasteiger partial charge < -0.3 is 0 Å². The Morgan fingerprint density at radius 1 is 1.17 bits per heavy atom. The maximum Gasteiger partial charge on any atom is 0.416 e. The molecule has 0 fully saturated rings. The highest BCUT2D eigenvalue weighted by Crippen LogP contribution is 2.34. The number of carbonyl (C=O) groups is 1. The molecule has 8 nitrogen and oxygen atoms in total. The zero-order valence-corrected chi connectivity index (χ0v) is 15.0. The molecular weight excluding hydrogens is 415 g/mol. The molecule has 2 aromatic carbocycles. The van der Waals surface area contributed by atoms with E-state index in [1.54, 1.807) is 24.3 Å². The summed E-state index contributed by atoms with van der Waals surface area (Å²) < 4.78 is 39.6. The smallest absolute Gasteiger partial charge is 0.292 e. The number of nitro benzene ring substituents is 1. The Labute approximate surface area is 166 Å². The molecule has 0 unspecified atom stereocenters. The number of rotatable bonds is 5. The summed E-state index contributed by atoms with van der Waals surface area (Å²) >= 11 is 6.06. The van der Waals surface area contributed by atoms with E-state index in [-0.39, 0.29) is 11.4 Å². The molecule has 1 amide bonds. The maximum atomic E-state index is 12.7. The number of hydrogen-bond acceptors (Lipinski definition) is 5. The molecule has 0 aliphatic carbocycles. The van der Waals surface area contributed by atoms with Gasteiger partial charge in [-0.15, -0.1) is 0 Å². The number of anilines is 1. The fourth-order valence-electron chi connectivity index (χ4n) is 2.37. The number of hydrazine groups is 1. The number of aromatic nitrogens is 2. The molecule has 2 N–H and O–H groups in total. The van der Waals surface area contributed by atoms with E-state index >= 15 is 0 Å². The Kier molecular flexibility index (Phi) is 5.41. The van der Waals surface area contributed by atoms with Gasteiger partial charge in [0.2, 0.25) is 0 Å². The van der Waals surface area contributed by atoms with Gasteiger partial charge in [-0.3, -0.25) is 25.8 Å². The third-order valence-corrected chi connectivity index (χ3v) is 4.07. The van der Waals surface area contributed by atoms with Crippen LogP contribution >= 0.6 is 11.6 Å². The van der Waals surface area contributed by atoms with Gasteiger partial charge in [-0.2, -0.15) is 18.3 Å². The first kappa shape index (κ1) is 20.1. The predicted octanol–water partition coefficient (Wildman–Crippen LogP) is 4.21. The van der Waals surface area contributed by atoms with Crippen LogP contribution in [-0.2, 0) is 6.18 Å². The molecule has 0 aliphatic rings. The van der Waals surface area contributed by atoms with Gasteiger partial charge in [0.25, 0.3) is 11.6 Å². The van der Waals surface area contributed by atoms with Crippen molar-refractivity contribution in [3.8, 4) is 5.69 Å². The quantitative estimate of drug-likeness (QED) is 0.471. The van der Waals surface area contributed by atoms with Crippen molar-refractivity contribution in [1.82, 2.24) is 15.2 Å². The Bertz CT molecular complexity index is 1080.